The summed E-state index contributed by atoms with van der Waals surface area (Å²) in [5.41, 5.74) is -2.80. The summed E-state index contributed by atoms with van der Waals surface area (Å²) in [5.74, 6) is -1.37. The van der Waals surface area contributed by atoms with Crippen LogP contribution in [0.15, 0.2) is 0 Å². The van der Waals surface area contributed by atoms with E-state index >= 15 is 0 Å². The normalized spacial score (nSPS) is 14.2. The summed E-state index contributed by atoms with van der Waals surface area (Å²) in [6.45, 7) is 8.57. The van der Waals surface area contributed by atoms with Crippen molar-refractivity contribution in [2.45, 2.75) is 59.5 Å². The molecule has 0 spiro atoms. The van der Waals surface area contributed by atoms with Crippen molar-refractivity contribution in [3.8, 4) is 0 Å². The Hall–Kier alpha value is -1.43. The smallest absolute Gasteiger partial charge is 0.353 e. The van der Waals surface area contributed by atoms with Crippen molar-refractivity contribution in [3.63, 3.8) is 0 Å². The molecule has 0 aromatic carbocycles. The molecule has 0 fully saturated rings. The minimum atomic E-state index is -1.55. The topological polar surface area (TPSA) is 99.5 Å². The monoisotopic (exact) mass is 300 g/mol. The number of esters is 1. The Morgan fingerprint density at radius 3 is 2.19 bits per heavy atom. The molecule has 0 aromatic rings. The van der Waals surface area contributed by atoms with E-state index in [2.05, 4.69) is 5.32 Å². The first-order valence-corrected chi connectivity index (χ1v) is 7.36. The van der Waals surface area contributed by atoms with E-state index in [0.717, 1.165) is 12.8 Å². The van der Waals surface area contributed by atoms with Crippen LogP contribution in [0.4, 0.5) is 0 Å². The molecule has 0 bridgehead atoms. The number of amides is 1. The number of rotatable bonds is 8. The van der Waals surface area contributed by atoms with Gasteiger partial charge in [0.15, 0.2) is 0 Å². The minimum absolute atomic E-state index is 0.152. The summed E-state index contributed by atoms with van der Waals surface area (Å²) >= 11 is 0. The van der Waals surface area contributed by atoms with Crippen LogP contribution in [0, 0.1) is 10.8 Å². The maximum atomic E-state index is 12.3. The second-order valence-corrected chi connectivity index (χ2v) is 6.08. The van der Waals surface area contributed by atoms with Crippen LogP contribution in [-0.4, -0.2) is 41.4 Å². The standard InChI is InChI=1S/C15H28N2O4/c1-6-8-9-17-13(20)15(7-2,10-18)11(16)12(19)21-14(3,4)5/h16,18H,6-10H2,1-5H3,(H,17,20). The van der Waals surface area contributed by atoms with Gasteiger partial charge in [-0.1, -0.05) is 20.3 Å². The van der Waals surface area contributed by atoms with Crippen LogP contribution in [0.2, 0.25) is 0 Å². The van der Waals surface area contributed by atoms with Gasteiger partial charge in [-0.15, -0.1) is 0 Å². The highest BCUT2D eigenvalue weighted by Crippen LogP contribution is 2.25. The van der Waals surface area contributed by atoms with E-state index in [9.17, 15) is 14.7 Å². The van der Waals surface area contributed by atoms with Crippen molar-refractivity contribution in [3.05, 3.63) is 0 Å². The Bertz CT molecular complexity index is 382. The van der Waals surface area contributed by atoms with Crippen molar-refractivity contribution in [2.75, 3.05) is 13.2 Å². The lowest BCUT2D eigenvalue weighted by atomic mass is 9.79. The third-order valence-corrected chi connectivity index (χ3v) is 3.21. The first kappa shape index (κ1) is 19.6. The number of hydrogen-bond acceptors (Lipinski definition) is 5. The van der Waals surface area contributed by atoms with Gasteiger partial charge in [-0.3, -0.25) is 10.2 Å². The van der Waals surface area contributed by atoms with Gasteiger partial charge in [0.05, 0.1) is 6.61 Å². The number of nitrogens with one attached hydrogen (secondary N) is 2. The molecular formula is C15H28N2O4. The highest BCUT2D eigenvalue weighted by molar-refractivity contribution is 6.41. The molecule has 0 radical (unpaired) electrons. The van der Waals surface area contributed by atoms with E-state index in [1.54, 1.807) is 27.7 Å². The fourth-order valence-corrected chi connectivity index (χ4v) is 1.79. The van der Waals surface area contributed by atoms with E-state index < -0.39 is 35.2 Å². The zero-order valence-electron chi connectivity index (χ0n) is 13.7. The van der Waals surface area contributed by atoms with Gasteiger partial charge in [0, 0.05) is 6.54 Å². The summed E-state index contributed by atoms with van der Waals surface area (Å²) in [7, 11) is 0. The molecule has 1 atom stereocenters. The van der Waals surface area contributed by atoms with Crippen molar-refractivity contribution >= 4 is 17.6 Å². The van der Waals surface area contributed by atoms with Gasteiger partial charge >= 0.3 is 5.97 Å². The Morgan fingerprint density at radius 2 is 1.81 bits per heavy atom. The number of unbranched alkanes of at least 4 members (excludes halogenated alkanes) is 1. The minimum Gasteiger partial charge on any atom is -0.455 e. The van der Waals surface area contributed by atoms with E-state index in [4.69, 9.17) is 10.1 Å². The predicted molar refractivity (Wildman–Crippen MR) is 81.3 cm³/mol. The summed E-state index contributed by atoms with van der Waals surface area (Å²) in [4.78, 5) is 24.3. The van der Waals surface area contributed by atoms with Gasteiger partial charge in [-0.25, -0.2) is 4.79 Å². The summed E-state index contributed by atoms with van der Waals surface area (Å²) in [6.07, 6.45) is 1.87. The average Bonchev–Trinajstić information content (AvgIpc) is 2.39. The molecule has 1 unspecified atom stereocenters. The molecule has 1 amide bonds. The van der Waals surface area contributed by atoms with Crippen molar-refractivity contribution < 1.29 is 19.4 Å². The SMILES string of the molecule is CCCCNC(=O)C(CC)(CO)C(=N)C(=O)OC(C)(C)C. The molecule has 6 nitrogen and oxygen atoms in total. The molecule has 0 aromatic heterocycles. The molecule has 0 heterocycles. The lowest BCUT2D eigenvalue weighted by Crippen LogP contribution is -2.52. The highest BCUT2D eigenvalue weighted by Gasteiger charge is 2.45. The summed E-state index contributed by atoms with van der Waals surface area (Å²) in [6, 6.07) is 0. The molecule has 6 heteroatoms. The van der Waals surface area contributed by atoms with Crippen LogP contribution in [0.3, 0.4) is 0 Å². The fourth-order valence-electron chi connectivity index (χ4n) is 1.79. The quantitative estimate of drug-likeness (QED) is 0.360. The third kappa shape index (κ3) is 5.46. The van der Waals surface area contributed by atoms with Gasteiger partial charge in [-0.05, 0) is 33.6 Å². The zero-order valence-corrected chi connectivity index (χ0v) is 13.7. The molecule has 21 heavy (non-hydrogen) atoms. The maximum Gasteiger partial charge on any atom is 0.353 e. The maximum absolute atomic E-state index is 12.3. The number of ether oxygens (including phenoxy) is 1. The number of aliphatic hydroxyl groups excluding tert-OH is 1. The molecular weight excluding hydrogens is 272 g/mol. The lowest BCUT2D eigenvalue weighted by Gasteiger charge is -2.30. The van der Waals surface area contributed by atoms with E-state index in [1.807, 2.05) is 6.92 Å². The Labute approximate surface area is 126 Å². The second-order valence-electron chi connectivity index (χ2n) is 6.08. The van der Waals surface area contributed by atoms with Gasteiger partial charge in [0.25, 0.3) is 0 Å². The Balaban J connectivity index is 5.13. The summed E-state index contributed by atoms with van der Waals surface area (Å²) < 4.78 is 5.13. The number of carbonyl (C=O) groups is 2. The zero-order chi connectivity index (χ0) is 16.7. The van der Waals surface area contributed by atoms with Crippen molar-refractivity contribution in [1.29, 1.82) is 5.41 Å². The van der Waals surface area contributed by atoms with Crippen LogP contribution in [-0.2, 0) is 14.3 Å². The van der Waals surface area contributed by atoms with Crippen molar-refractivity contribution in [2.24, 2.45) is 5.41 Å². The van der Waals surface area contributed by atoms with Gasteiger partial charge in [-0.2, -0.15) is 0 Å². The molecule has 0 saturated heterocycles. The molecule has 0 aliphatic carbocycles. The average molecular weight is 300 g/mol. The second kappa shape index (κ2) is 8.12. The van der Waals surface area contributed by atoms with Gasteiger partial charge in [0.1, 0.15) is 16.7 Å². The van der Waals surface area contributed by atoms with E-state index in [-0.39, 0.29) is 6.42 Å². The predicted octanol–water partition coefficient (Wildman–Crippen LogP) is 1.65. The molecule has 0 saturated carbocycles. The Morgan fingerprint density at radius 1 is 1.24 bits per heavy atom. The number of aliphatic hydroxyl groups is 1. The van der Waals surface area contributed by atoms with Gasteiger partial charge < -0.3 is 15.2 Å². The first-order valence-electron chi connectivity index (χ1n) is 7.36. The van der Waals surface area contributed by atoms with E-state index in [0.29, 0.717) is 6.54 Å². The highest BCUT2D eigenvalue weighted by atomic mass is 16.6. The number of hydrogen-bond donors (Lipinski definition) is 3. The molecule has 0 aliphatic heterocycles. The Kier molecular flexibility index (Phi) is 7.57. The van der Waals surface area contributed by atoms with Crippen LogP contribution < -0.4 is 5.32 Å². The molecule has 122 valence electrons. The van der Waals surface area contributed by atoms with Crippen LogP contribution in [0.5, 0.6) is 0 Å². The largest absolute Gasteiger partial charge is 0.455 e. The lowest BCUT2D eigenvalue weighted by molar-refractivity contribution is -0.148. The van der Waals surface area contributed by atoms with E-state index in [1.165, 1.54) is 0 Å². The third-order valence-electron chi connectivity index (χ3n) is 3.21. The van der Waals surface area contributed by atoms with Crippen LogP contribution in [0.25, 0.3) is 0 Å². The van der Waals surface area contributed by atoms with Crippen molar-refractivity contribution in [1.82, 2.24) is 5.32 Å². The fraction of sp³-hybridized carbons (Fsp3) is 0.800. The first-order chi connectivity index (χ1) is 9.64. The molecule has 0 rings (SSSR count). The van der Waals surface area contributed by atoms with Crippen LogP contribution >= 0.6 is 0 Å². The summed E-state index contributed by atoms with van der Waals surface area (Å²) in [5, 5.41) is 20.3. The van der Waals surface area contributed by atoms with Crippen LogP contribution in [0.1, 0.15) is 53.9 Å². The molecule has 0 aliphatic rings. The number of carbonyl (C=O) groups excluding carboxylic acids is 2. The molecule has 3 N–H and O–H groups in total. The van der Waals surface area contributed by atoms with Gasteiger partial charge in [0.2, 0.25) is 5.91 Å².